The van der Waals surface area contributed by atoms with Crippen molar-refractivity contribution in [2.45, 2.75) is 38.1 Å². The number of nitrogens with zero attached hydrogens (tertiary/aromatic N) is 1. The molecular formula is C13H24N4O4. The molecule has 0 spiro atoms. The van der Waals surface area contributed by atoms with E-state index in [9.17, 15) is 14.4 Å². The third-order valence-electron chi connectivity index (χ3n) is 3.42. The van der Waals surface area contributed by atoms with Crippen LogP contribution in [-0.4, -0.2) is 60.1 Å². The zero-order chi connectivity index (χ0) is 15.7. The van der Waals surface area contributed by atoms with Crippen LogP contribution < -0.4 is 16.4 Å². The molecule has 0 saturated carbocycles. The number of carbonyl (C=O) groups is 3. The Morgan fingerprint density at radius 2 is 1.90 bits per heavy atom. The van der Waals surface area contributed by atoms with E-state index in [1.807, 2.05) is 0 Å². The van der Waals surface area contributed by atoms with Crippen molar-refractivity contribution in [3.63, 3.8) is 0 Å². The van der Waals surface area contributed by atoms with Gasteiger partial charge in [0.25, 0.3) is 0 Å². The average Bonchev–Trinajstić information content (AvgIpc) is 2.92. The average molecular weight is 300 g/mol. The van der Waals surface area contributed by atoms with E-state index < -0.39 is 23.9 Å². The standard InChI is InChI=1S/C13H24N4O4/c14-11(18)5-4-10(12(19)20)16-13(21)15-6-3-9-17-7-1-2-8-17/h10H,1-9H2,(H2,14,18)(H,19,20)(H2,15,16,21). The maximum atomic E-state index is 11.6. The number of hydrogen-bond acceptors (Lipinski definition) is 4. The van der Waals surface area contributed by atoms with Crippen molar-refractivity contribution in [3.8, 4) is 0 Å². The Labute approximate surface area is 124 Å². The molecule has 1 saturated heterocycles. The van der Waals surface area contributed by atoms with E-state index in [2.05, 4.69) is 15.5 Å². The summed E-state index contributed by atoms with van der Waals surface area (Å²) in [5.74, 6) is -1.77. The minimum absolute atomic E-state index is 0.00807. The molecule has 8 nitrogen and oxygen atoms in total. The molecule has 3 amide bonds. The van der Waals surface area contributed by atoms with Gasteiger partial charge in [0.15, 0.2) is 0 Å². The van der Waals surface area contributed by atoms with Crippen LogP contribution in [0.2, 0.25) is 0 Å². The summed E-state index contributed by atoms with van der Waals surface area (Å²) in [4.78, 5) is 35.5. The molecule has 0 aromatic rings. The first-order valence-electron chi connectivity index (χ1n) is 7.27. The minimum Gasteiger partial charge on any atom is -0.480 e. The van der Waals surface area contributed by atoms with Crippen molar-refractivity contribution in [2.75, 3.05) is 26.2 Å². The van der Waals surface area contributed by atoms with Gasteiger partial charge in [0.1, 0.15) is 6.04 Å². The number of carboxylic acid groups (broad SMARTS) is 1. The number of nitrogens with one attached hydrogen (secondary N) is 2. The van der Waals surface area contributed by atoms with Crippen LogP contribution in [0.4, 0.5) is 4.79 Å². The molecule has 0 bridgehead atoms. The van der Waals surface area contributed by atoms with Gasteiger partial charge < -0.3 is 26.4 Å². The number of carbonyl (C=O) groups excluding carboxylic acids is 2. The van der Waals surface area contributed by atoms with Crippen LogP contribution in [0.5, 0.6) is 0 Å². The Bertz CT molecular complexity index is 369. The first kappa shape index (κ1) is 17.2. The number of carboxylic acids is 1. The summed E-state index contributed by atoms with van der Waals surface area (Å²) in [5, 5.41) is 13.9. The summed E-state index contributed by atoms with van der Waals surface area (Å²) in [6.07, 6.45) is 3.20. The van der Waals surface area contributed by atoms with Crippen molar-refractivity contribution in [2.24, 2.45) is 5.73 Å². The zero-order valence-corrected chi connectivity index (χ0v) is 12.1. The van der Waals surface area contributed by atoms with Crippen LogP contribution in [0.1, 0.15) is 32.1 Å². The molecule has 1 heterocycles. The Morgan fingerprint density at radius 3 is 2.48 bits per heavy atom. The Morgan fingerprint density at radius 1 is 1.24 bits per heavy atom. The van der Waals surface area contributed by atoms with Gasteiger partial charge in [0.2, 0.25) is 5.91 Å². The van der Waals surface area contributed by atoms with E-state index in [0.717, 1.165) is 26.1 Å². The number of amides is 3. The second-order valence-corrected chi connectivity index (χ2v) is 5.20. The lowest BCUT2D eigenvalue weighted by atomic mass is 10.1. The molecule has 1 fully saturated rings. The van der Waals surface area contributed by atoms with Crippen molar-refractivity contribution in [1.29, 1.82) is 0 Å². The highest BCUT2D eigenvalue weighted by Gasteiger charge is 2.20. The van der Waals surface area contributed by atoms with Crippen LogP contribution in [0.25, 0.3) is 0 Å². The monoisotopic (exact) mass is 300 g/mol. The molecule has 1 atom stereocenters. The molecule has 1 rings (SSSR count). The zero-order valence-electron chi connectivity index (χ0n) is 12.1. The maximum Gasteiger partial charge on any atom is 0.326 e. The summed E-state index contributed by atoms with van der Waals surface area (Å²) in [5.41, 5.74) is 4.96. The predicted molar refractivity (Wildman–Crippen MR) is 76.7 cm³/mol. The topological polar surface area (TPSA) is 125 Å². The highest BCUT2D eigenvalue weighted by Crippen LogP contribution is 2.06. The van der Waals surface area contributed by atoms with Gasteiger partial charge in [-0.2, -0.15) is 0 Å². The summed E-state index contributed by atoms with van der Waals surface area (Å²) in [7, 11) is 0. The number of likely N-dealkylation sites (tertiary alicyclic amines) is 1. The van der Waals surface area contributed by atoms with E-state index >= 15 is 0 Å². The quantitative estimate of drug-likeness (QED) is 0.427. The molecule has 21 heavy (non-hydrogen) atoms. The molecule has 0 radical (unpaired) electrons. The molecule has 8 heteroatoms. The Balaban J connectivity index is 2.16. The third kappa shape index (κ3) is 7.50. The van der Waals surface area contributed by atoms with Crippen molar-refractivity contribution in [1.82, 2.24) is 15.5 Å². The van der Waals surface area contributed by atoms with Gasteiger partial charge in [-0.1, -0.05) is 0 Å². The summed E-state index contributed by atoms with van der Waals surface area (Å²) >= 11 is 0. The van der Waals surface area contributed by atoms with Gasteiger partial charge in [0.05, 0.1) is 0 Å². The lowest BCUT2D eigenvalue weighted by Crippen LogP contribution is -2.46. The number of primary amides is 1. The lowest BCUT2D eigenvalue weighted by Gasteiger charge is -2.16. The van der Waals surface area contributed by atoms with E-state index in [-0.39, 0.29) is 12.8 Å². The van der Waals surface area contributed by atoms with Crippen LogP contribution in [0.3, 0.4) is 0 Å². The minimum atomic E-state index is -1.18. The summed E-state index contributed by atoms with van der Waals surface area (Å²) in [6.45, 7) is 3.65. The molecule has 1 unspecified atom stereocenters. The third-order valence-corrected chi connectivity index (χ3v) is 3.42. The lowest BCUT2D eigenvalue weighted by molar-refractivity contribution is -0.139. The van der Waals surface area contributed by atoms with Crippen LogP contribution in [0.15, 0.2) is 0 Å². The number of rotatable bonds is 9. The van der Waals surface area contributed by atoms with Crippen LogP contribution in [-0.2, 0) is 9.59 Å². The van der Waals surface area contributed by atoms with Crippen molar-refractivity contribution < 1.29 is 19.5 Å². The van der Waals surface area contributed by atoms with Gasteiger partial charge in [-0.25, -0.2) is 9.59 Å². The fraction of sp³-hybridized carbons (Fsp3) is 0.769. The van der Waals surface area contributed by atoms with E-state index in [1.165, 1.54) is 12.8 Å². The maximum absolute atomic E-state index is 11.6. The predicted octanol–water partition coefficient (Wildman–Crippen LogP) is -0.510. The highest BCUT2D eigenvalue weighted by atomic mass is 16.4. The second kappa shape index (κ2) is 9.17. The van der Waals surface area contributed by atoms with Gasteiger partial charge >= 0.3 is 12.0 Å². The summed E-state index contributed by atoms with van der Waals surface area (Å²) < 4.78 is 0. The fourth-order valence-electron chi connectivity index (χ4n) is 2.26. The second-order valence-electron chi connectivity index (χ2n) is 5.20. The van der Waals surface area contributed by atoms with Crippen molar-refractivity contribution in [3.05, 3.63) is 0 Å². The molecule has 120 valence electrons. The smallest absolute Gasteiger partial charge is 0.326 e. The number of urea groups is 1. The SMILES string of the molecule is NC(=O)CCC(NC(=O)NCCCN1CCCC1)C(=O)O. The van der Waals surface area contributed by atoms with Gasteiger partial charge in [0, 0.05) is 13.0 Å². The molecule has 5 N–H and O–H groups in total. The summed E-state index contributed by atoms with van der Waals surface area (Å²) in [6, 6.07) is -1.63. The van der Waals surface area contributed by atoms with E-state index in [4.69, 9.17) is 10.8 Å². The van der Waals surface area contributed by atoms with E-state index in [1.54, 1.807) is 0 Å². The Hall–Kier alpha value is -1.83. The largest absolute Gasteiger partial charge is 0.480 e. The fourth-order valence-corrected chi connectivity index (χ4v) is 2.26. The normalized spacial score (nSPS) is 16.4. The molecular weight excluding hydrogens is 276 g/mol. The molecule has 0 aromatic heterocycles. The first-order chi connectivity index (χ1) is 9.99. The van der Waals surface area contributed by atoms with Gasteiger partial charge in [-0.3, -0.25) is 4.79 Å². The van der Waals surface area contributed by atoms with Crippen LogP contribution >= 0.6 is 0 Å². The van der Waals surface area contributed by atoms with Crippen molar-refractivity contribution >= 4 is 17.9 Å². The molecule has 0 aromatic carbocycles. The van der Waals surface area contributed by atoms with Crippen LogP contribution in [0, 0.1) is 0 Å². The Kier molecular flexibility index (Phi) is 7.52. The first-order valence-corrected chi connectivity index (χ1v) is 7.27. The molecule has 1 aliphatic heterocycles. The van der Waals surface area contributed by atoms with Gasteiger partial charge in [-0.05, 0) is 45.3 Å². The number of aliphatic carboxylic acids is 1. The molecule has 0 aliphatic carbocycles. The number of hydrogen-bond donors (Lipinski definition) is 4. The highest BCUT2D eigenvalue weighted by molar-refractivity contribution is 5.83. The number of nitrogens with two attached hydrogens (primary N) is 1. The van der Waals surface area contributed by atoms with E-state index in [0.29, 0.717) is 6.54 Å². The molecule has 1 aliphatic rings. The van der Waals surface area contributed by atoms with Gasteiger partial charge in [-0.15, -0.1) is 0 Å².